The van der Waals surface area contributed by atoms with Gasteiger partial charge in [0.2, 0.25) is 23.6 Å². The minimum atomic E-state index is -4.21. The molecule has 4 heterocycles. The summed E-state index contributed by atoms with van der Waals surface area (Å²) in [4.78, 5) is 80.0. The summed E-state index contributed by atoms with van der Waals surface area (Å²) in [5, 5.41) is 13.7. The van der Waals surface area contributed by atoms with E-state index < -0.39 is 27.8 Å². The van der Waals surface area contributed by atoms with Crippen LogP contribution in [0, 0.1) is 5.82 Å². The number of piperidine rings is 1. The second-order valence-corrected chi connectivity index (χ2v) is 17.5. The minimum absolute atomic E-state index is 0.0160. The Morgan fingerprint density at radius 2 is 1.62 bits per heavy atom. The number of hydrogen-bond acceptors (Lipinski definition) is 11. The third kappa shape index (κ3) is 9.85. The number of fused-ring (bicyclic) bond motifs is 2. The molecule has 1 atom stereocenters. The lowest BCUT2D eigenvalue weighted by molar-refractivity contribution is -0.137. The maximum atomic E-state index is 15.6. The molecule has 8 rings (SSSR count). The van der Waals surface area contributed by atoms with Crippen LogP contribution in [0.15, 0.2) is 96.0 Å². The summed E-state index contributed by atoms with van der Waals surface area (Å²) in [5.41, 5.74) is 11.5. The van der Waals surface area contributed by atoms with E-state index in [1.807, 2.05) is 6.07 Å². The van der Waals surface area contributed by atoms with Gasteiger partial charge in [-0.3, -0.25) is 38.8 Å². The molecule has 0 bridgehead atoms. The van der Waals surface area contributed by atoms with E-state index in [1.165, 1.54) is 47.5 Å². The molecule has 3 aliphatic heterocycles. The second-order valence-electron chi connectivity index (χ2n) is 15.8. The molecule has 4 aromatic carbocycles. The normalized spacial score (nSPS) is 15.7. The van der Waals surface area contributed by atoms with Crippen LogP contribution in [0.1, 0.15) is 63.9 Å². The number of hydrogen-bond donors (Lipinski definition) is 7. The minimum Gasteiger partial charge on any atom is -0.383 e. The topological polar surface area (TPSA) is 251 Å². The number of carbonyl (C=O) groups is 6. The molecule has 19 heteroatoms. The first kappa shape index (κ1) is 44.1. The Kier molecular flexibility index (Phi) is 12.7. The fraction of sp³-hybridized carbons (Fsp3) is 0.239. The molecule has 1 aromatic heterocycles. The van der Waals surface area contributed by atoms with Crippen molar-refractivity contribution in [3.05, 3.63) is 119 Å². The standard InChI is InChI=1S/C46H44FN9O8S/c47-37-22-31(12-14-32(37)28-21-35(43(48)51-23-28)26-7-13-33-27(20-26)17-19-50-44(33)60)65(63,64)55-30-10-8-29(9-11-30)52-42(59)24-49-18-2-1-6-40(57)53-38-5-3-4-34-36(38)25-56(46(34)62)39-15-16-41(58)54-45(39)61/h3-5,7-14,20-23,39,49,55H,1-2,6,15-19,24-25H2,(H2,48,51)(H,50,60)(H,52,59)(H,53,57)(H,54,58,61). The van der Waals surface area contributed by atoms with E-state index in [1.54, 1.807) is 36.4 Å². The van der Waals surface area contributed by atoms with Gasteiger partial charge in [-0.2, -0.15) is 0 Å². The largest absolute Gasteiger partial charge is 0.383 e. The summed E-state index contributed by atoms with van der Waals surface area (Å²) < 4.78 is 44.5. The van der Waals surface area contributed by atoms with Crippen molar-refractivity contribution in [2.45, 2.75) is 56.0 Å². The molecule has 334 valence electrons. The lowest BCUT2D eigenvalue weighted by Crippen LogP contribution is -2.52. The smallest absolute Gasteiger partial charge is 0.261 e. The van der Waals surface area contributed by atoms with Crippen LogP contribution in [0.3, 0.4) is 0 Å². The van der Waals surface area contributed by atoms with E-state index in [-0.39, 0.29) is 83.9 Å². The van der Waals surface area contributed by atoms with Gasteiger partial charge in [-0.1, -0.05) is 24.3 Å². The van der Waals surface area contributed by atoms with Crippen molar-refractivity contribution in [2.24, 2.45) is 0 Å². The van der Waals surface area contributed by atoms with Crippen LogP contribution in [0.2, 0.25) is 0 Å². The first-order valence-electron chi connectivity index (χ1n) is 20.9. The molecule has 0 spiro atoms. The Bertz CT molecular complexity index is 2870. The predicted molar refractivity (Wildman–Crippen MR) is 239 cm³/mol. The number of aromatic nitrogens is 1. The van der Waals surface area contributed by atoms with Crippen molar-refractivity contribution in [1.29, 1.82) is 0 Å². The monoisotopic (exact) mass is 901 g/mol. The van der Waals surface area contributed by atoms with E-state index in [0.29, 0.717) is 77.1 Å². The number of nitrogens with one attached hydrogen (secondary N) is 6. The fourth-order valence-electron chi connectivity index (χ4n) is 8.04. The van der Waals surface area contributed by atoms with E-state index in [0.717, 1.165) is 11.6 Å². The number of amides is 6. The summed E-state index contributed by atoms with van der Waals surface area (Å²) in [5.74, 6) is -2.53. The Balaban J connectivity index is 0.773. The average molecular weight is 902 g/mol. The van der Waals surface area contributed by atoms with E-state index in [4.69, 9.17) is 5.73 Å². The van der Waals surface area contributed by atoms with Gasteiger partial charge in [0.05, 0.1) is 11.4 Å². The first-order valence-corrected chi connectivity index (χ1v) is 22.4. The van der Waals surface area contributed by atoms with Crippen molar-refractivity contribution in [2.75, 3.05) is 40.7 Å². The number of rotatable bonds is 15. The van der Waals surface area contributed by atoms with E-state index in [2.05, 4.69) is 36.3 Å². The number of nitrogens with zero attached hydrogens (tertiary/aromatic N) is 2. The van der Waals surface area contributed by atoms with Gasteiger partial charge in [0.25, 0.3) is 21.8 Å². The average Bonchev–Trinajstić information content (AvgIpc) is 3.61. The number of carbonyl (C=O) groups excluding carboxylic acids is 6. The fourth-order valence-corrected chi connectivity index (χ4v) is 9.11. The Morgan fingerprint density at radius 3 is 2.40 bits per heavy atom. The van der Waals surface area contributed by atoms with Crippen LogP contribution >= 0.6 is 0 Å². The second kappa shape index (κ2) is 18.7. The Morgan fingerprint density at radius 1 is 0.831 bits per heavy atom. The maximum Gasteiger partial charge on any atom is 0.261 e. The zero-order valence-electron chi connectivity index (χ0n) is 34.8. The van der Waals surface area contributed by atoms with Crippen molar-refractivity contribution in [3.63, 3.8) is 0 Å². The van der Waals surface area contributed by atoms with Crippen LogP contribution in [-0.2, 0) is 42.2 Å². The number of nitrogens with two attached hydrogens (primary N) is 1. The van der Waals surface area contributed by atoms with Crippen molar-refractivity contribution in [3.8, 4) is 22.3 Å². The first-order chi connectivity index (χ1) is 31.2. The number of nitrogen functional groups attached to an aromatic ring is 1. The number of unbranched alkanes of at least 4 members (excludes halogenated alkanes) is 1. The summed E-state index contributed by atoms with van der Waals surface area (Å²) >= 11 is 0. The summed E-state index contributed by atoms with van der Waals surface area (Å²) in [6.07, 6.45) is 3.75. The van der Waals surface area contributed by atoms with Gasteiger partial charge in [-0.25, -0.2) is 17.8 Å². The van der Waals surface area contributed by atoms with Gasteiger partial charge in [-0.15, -0.1) is 0 Å². The highest BCUT2D eigenvalue weighted by molar-refractivity contribution is 7.92. The highest BCUT2D eigenvalue weighted by Gasteiger charge is 2.40. The SMILES string of the molecule is Nc1ncc(-c2ccc(S(=O)(=O)Nc3ccc(NC(=O)CNCCCCC(=O)Nc4cccc5c4CN(C4CCC(=O)NC4=O)C5=O)cc3)cc2F)cc1-c1ccc2c(c1)CCNC2=O. The molecule has 0 aliphatic carbocycles. The Labute approximate surface area is 372 Å². The lowest BCUT2D eigenvalue weighted by atomic mass is 9.94. The van der Waals surface area contributed by atoms with Crippen LogP contribution in [-0.4, -0.2) is 79.4 Å². The van der Waals surface area contributed by atoms with Gasteiger partial charge >= 0.3 is 0 Å². The van der Waals surface area contributed by atoms with Gasteiger partial charge < -0.3 is 31.9 Å². The maximum absolute atomic E-state index is 15.6. The predicted octanol–water partition coefficient (Wildman–Crippen LogP) is 4.32. The highest BCUT2D eigenvalue weighted by atomic mass is 32.2. The molecule has 6 amide bonds. The van der Waals surface area contributed by atoms with Crippen molar-refractivity contribution in [1.82, 2.24) is 25.8 Å². The van der Waals surface area contributed by atoms with Crippen molar-refractivity contribution >= 4 is 68.3 Å². The molecular formula is C46H44FN9O8S. The number of imide groups is 1. The molecule has 8 N–H and O–H groups in total. The van der Waals surface area contributed by atoms with E-state index in [9.17, 15) is 37.2 Å². The van der Waals surface area contributed by atoms with Crippen LogP contribution < -0.4 is 37.0 Å². The van der Waals surface area contributed by atoms with Crippen LogP contribution in [0.5, 0.6) is 0 Å². The third-order valence-corrected chi connectivity index (χ3v) is 12.8. The zero-order chi connectivity index (χ0) is 45.8. The lowest BCUT2D eigenvalue weighted by Gasteiger charge is -2.29. The molecule has 3 aliphatic rings. The van der Waals surface area contributed by atoms with Gasteiger partial charge in [0.15, 0.2) is 0 Å². The van der Waals surface area contributed by atoms with Gasteiger partial charge in [-0.05, 0) is 104 Å². The van der Waals surface area contributed by atoms with Gasteiger partial charge in [0.1, 0.15) is 17.7 Å². The zero-order valence-corrected chi connectivity index (χ0v) is 35.6. The molecule has 0 radical (unpaired) electrons. The molecule has 5 aromatic rings. The van der Waals surface area contributed by atoms with Crippen LogP contribution in [0.4, 0.5) is 27.3 Å². The van der Waals surface area contributed by atoms with Crippen LogP contribution in [0.25, 0.3) is 22.3 Å². The number of benzene rings is 4. The van der Waals surface area contributed by atoms with Gasteiger partial charge in [0, 0.05) is 82.6 Å². The summed E-state index contributed by atoms with van der Waals surface area (Å²) in [6, 6.07) is 20.8. The third-order valence-electron chi connectivity index (χ3n) is 11.4. The van der Waals surface area contributed by atoms with Crippen molar-refractivity contribution < 1.29 is 41.6 Å². The number of pyridine rings is 1. The number of halogens is 1. The number of anilines is 4. The molecular weight excluding hydrogens is 858 g/mol. The molecule has 0 saturated carbocycles. The summed E-state index contributed by atoms with van der Waals surface area (Å²) in [7, 11) is -4.21. The Hall–Kier alpha value is -7.51. The molecule has 1 unspecified atom stereocenters. The molecule has 65 heavy (non-hydrogen) atoms. The highest BCUT2D eigenvalue weighted by Crippen LogP contribution is 2.35. The number of sulfonamides is 1. The summed E-state index contributed by atoms with van der Waals surface area (Å²) in [6.45, 7) is 1.09. The van der Waals surface area contributed by atoms with E-state index >= 15 is 4.39 Å². The molecule has 1 saturated heterocycles. The molecule has 17 nitrogen and oxygen atoms in total. The molecule has 1 fully saturated rings. The quantitative estimate of drug-likeness (QED) is 0.0576.